The molecule has 2 aromatic carbocycles. The lowest BCUT2D eigenvalue weighted by Crippen LogP contribution is -2.30. The van der Waals surface area contributed by atoms with Gasteiger partial charge in [-0.05, 0) is 43.9 Å². The first-order valence-electron chi connectivity index (χ1n) is 14.6. The lowest BCUT2D eigenvalue weighted by atomic mass is 10.0. The van der Waals surface area contributed by atoms with Crippen molar-refractivity contribution in [3.8, 4) is 0 Å². The first-order chi connectivity index (χ1) is 19.2. The fourth-order valence-corrected chi connectivity index (χ4v) is 5.54. The SMILES string of the molecule is CCCCCCC1c2nc(C)c(o2)N(Cc2ccccc2)Cc2cn(nn2)CCCCN1Cc1ccccc1. The van der Waals surface area contributed by atoms with Gasteiger partial charge in [-0.2, -0.15) is 0 Å². The normalized spacial score (nSPS) is 16.8. The predicted molar refractivity (Wildman–Crippen MR) is 155 cm³/mol. The van der Waals surface area contributed by atoms with Crippen LogP contribution in [0.25, 0.3) is 0 Å². The van der Waals surface area contributed by atoms with Crippen molar-refractivity contribution in [3.05, 3.63) is 95.3 Å². The van der Waals surface area contributed by atoms with Gasteiger partial charge in [0.25, 0.3) is 0 Å². The van der Waals surface area contributed by atoms with Gasteiger partial charge in [0.2, 0.25) is 11.8 Å². The number of unbranched alkanes of at least 4 members (excludes halogenated alkanes) is 3. The Morgan fingerprint density at radius 3 is 2.33 bits per heavy atom. The summed E-state index contributed by atoms with van der Waals surface area (Å²) in [4.78, 5) is 9.95. The van der Waals surface area contributed by atoms with Crippen molar-refractivity contribution in [1.29, 1.82) is 0 Å². The van der Waals surface area contributed by atoms with E-state index in [4.69, 9.17) is 9.40 Å². The molecule has 0 radical (unpaired) electrons. The van der Waals surface area contributed by atoms with Crippen molar-refractivity contribution < 1.29 is 4.42 Å². The zero-order valence-corrected chi connectivity index (χ0v) is 23.5. The van der Waals surface area contributed by atoms with E-state index < -0.39 is 0 Å². The average molecular weight is 527 g/mol. The highest BCUT2D eigenvalue weighted by molar-refractivity contribution is 5.42. The van der Waals surface area contributed by atoms with Crippen LogP contribution in [0, 0.1) is 6.92 Å². The number of hydrogen-bond donors (Lipinski definition) is 0. The van der Waals surface area contributed by atoms with Crippen molar-refractivity contribution in [1.82, 2.24) is 24.9 Å². The molecule has 1 aliphatic rings. The summed E-state index contributed by atoms with van der Waals surface area (Å²) < 4.78 is 8.74. The lowest BCUT2D eigenvalue weighted by Gasteiger charge is -2.30. The lowest BCUT2D eigenvalue weighted by molar-refractivity contribution is 0.145. The predicted octanol–water partition coefficient (Wildman–Crippen LogP) is 7.09. The molecule has 0 N–H and O–H groups in total. The molecule has 206 valence electrons. The van der Waals surface area contributed by atoms with Gasteiger partial charge in [-0.15, -0.1) is 5.10 Å². The molecule has 1 unspecified atom stereocenters. The summed E-state index contributed by atoms with van der Waals surface area (Å²) in [6.07, 6.45) is 10.2. The fraction of sp³-hybridized carbons (Fsp3) is 0.469. The first kappa shape index (κ1) is 27.1. The Labute approximate surface area is 232 Å². The van der Waals surface area contributed by atoms with E-state index in [0.717, 1.165) is 68.6 Å². The molecule has 0 fully saturated rings. The van der Waals surface area contributed by atoms with E-state index >= 15 is 0 Å². The van der Waals surface area contributed by atoms with Crippen LogP contribution in [0.1, 0.15) is 86.3 Å². The molecule has 1 aliphatic heterocycles. The van der Waals surface area contributed by atoms with Crippen LogP contribution in [0.2, 0.25) is 0 Å². The minimum Gasteiger partial charge on any atom is -0.423 e. The van der Waals surface area contributed by atoms with E-state index in [9.17, 15) is 0 Å². The molecular formula is C32H42N6O. The van der Waals surface area contributed by atoms with Crippen molar-refractivity contribution >= 4 is 5.88 Å². The van der Waals surface area contributed by atoms with Gasteiger partial charge >= 0.3 is 0 Å². The Morgan fingerprint density at radius 1 is 0.872 bits per heavy atom. The molecule has 7 heteroatoms. The number of hydrogen-bond acceptors (Lipinski definition) is 6. The summed E-state index contributed by atoms with van der Waals surface area (Å²) in [6, 6.07) is 21.5. The smallest absolute Gasteiger partial charge is 0.220 e. The Balaban J connectivity index is 1.51. The van der Waals surface area contributed by atoms with Crippen molar-refractivity contribution in [2.24, 2.45) is 0 Å². The number of aromatic nitrogens is 4. The molecule has 0 amide bonds. The van der Waals surface area contributed by atoms with E-state index in [1.807, 2.05) is 4.68 Å². The Hall–Kier alpha value is -3.45. The van der Waals surface area contributed by atoms with Gasteiger partial charge in [0, 0.05) is 19.6 Å². The molecule has 7 nitrogen and oxygen atoms in total. The second kappa shape index (κ2) is 13.6. The number of fused-ring (bicyclic) bond motifs is 4. The van der Waals surface area contributed by atoms with E-state index in [-0.39, 0.29) is 6.04 Å². The van der Waals surface area contributed by atoms with Crippen LogP contribution in [0.5, 0.6) is 0 Å². The molecule has 0 saturated carbocycles. The maximum Gasteiger partial charge on any atom is 0.220 e. The van der Waals surface area contributed by atoms with E-state index in [0.29, 0.717) is 6.54 Å². The Morgan fingerprint density at radius 2 is 1.59 bits per heavy atom. The molecular weight excluding hydrogens is 484 g/mol. The highest BCUT2D eigenvalue weighted by Gasteiger charge is 2.28. The minimum atomic E-state index is 0.140. The number of anilines is 1. The number of rotatable bonds is 9. The standard InChI is InChI=1S/C32H42N6O/c1-3-4-5-12-19-30-31-33-26(2)32(39-31)37(23-28-17-10-7-11-18-28)24-29-25-38(35-34-29)21-14-13-20-36(30)22-27-15-8-6-9-16-27/h6-11,15-18,25,30H,3-5,12-14,19-24H2,1-2H3. The Bertz CT molecular complexity index is 1270. The third-order valence-electron chi connectivity index (χ3n) is 7.60. The maximum atomic E-state index is 6.75. The second-order valence-corrected chi connectivity index (χ2v) is 10.8. The molecule has 2 aromatic heterocycles. The number of oxazole rings is 1. The highest BCUT2D eigenvalue weighted by atomic mass is 16.4. The number of nitrogens with zero attached hydrogens (tertiary/aromatic N) is 6. The van der Waals surface area contributed by atoms with E-state index in [1.165, 1.54) is 36.8 Å². The monoisotopic (exact) mass is 526 g/mol. The van der Waals surface area contributed by atoms with Crippen LogP contribution in [0.3, 0.4) is 0 Å². The molecule has 0 aliphatic carbocycles. The van der Waals surface area contributed by atoms with Crippen molar-refractivity contribution in [2.75, 3.05) is 11.4 Å². The van der Waals surface area contributed by atoms with Crippen LogP contribution in [-0.2, 0) is 26.2 Å². The summed E-state index contributed by atoms with van der Waals surface area (Å²) >= 11 is 0. The number of aryl methyl sites for hydroxylation is 2. The quantitative estimate of drug-likeness (QED) is 0.217. The van der Waals surface area contributed by atoms with Gasteiger partial charge in [0.1, 0.15) is 11.4 Å². The van der Waals surface area contributed by atoms with E-state index in [2.05, 4.69) is 101 Å². The van der Waals surface area contributed by atoms with Gasteiger partial charge in [-0.25, -0.2) is 4.98 Å². The molecule has 0 spiro atoms. The summed E-state index contributed by atoms with van der Waals surface area (Å²) in [7, 11) is 0. The van der Waals surface area contributed by atoms with Gasteiger partial charge in [0.15, 0.2) is 0 Å². The maximum absolute atomic E-state index is 6.75. The van der Waals surface area contributed by atoms with Crippen molar-refractivity contribution in [3.63, 3.8) is 0 Å². The molecule has 5 rings (SSSR count). The molecule has 4 bridgehead atoms. The molecule has 1 atom stereocenters. The third kappa shape index (κ3) is 7.35. The molecule has 3 heterocycles. The van der Waals surface area contributed by atoms with Crippen LogP contribution in [0.4, 0.5) is 5.88 Å². The average Bonchev–Trinajstić information content (AvgIpc) is 3.57. The summed E-state index contributed by atoms with van der Waals surface area (Å²) in [6.45, 7) is 8.44. The molecule has 4 aromatic rings. The fourth-order valence-electron chi connectivity index (χ4n) is 5.54. The first-order valence-corrected chi connectivity index (χ1v) is 14.6. The zero-order valence-electron chi connectivity index (χ0n) is 23.5. The Kier molecular flexibility index (Phi) is 9.43. The zero-order chi connectivity index (χ0) is 26.9. The largest absolute Gasteiger partial charge is 0.423 e. The van der Waals surface area contributed by atoms with Crippen LogP contribution in [0.15, 0.2) is 71.3 Å². The van der Waals surface area contributed by atoms with Crippen LogP contribution in [-0.4, -0.2) is 31.4 Å². The van der Waals surface area contributed by atoms with Crippen molar-refractivity contribution in [2.45, 2.75) is 91.0 Å². The summed E-state index contributed by atoms with van der Waals surface area (Å²) in [5.41, 5.74) is 4.43. The van der Waals surface area contributed by atoms with Crippen LogP contribution >= 0.6 is 0 Å². The van der Waals surface area contributed by atoms with Gasteiger partial charge in [-0.1, -0.05) is 98.5 Å². The van der Waals surface area contributed by atoms with E-state index in [1.54, 1.807) is 0 Å². The molecule has 0 saturated heterocycles. The summed E-state index contributed by atoms with van der Waals surface area (Å²) in [5.74, 6) is 1.67. The topological polar surface area (TPSA) is 63.2 Å². The van der Waals surface area contributed by atoms with Gasteiger partial charge in [0.05, 0.1) is 18.8 Å². The third-order valence-corrected chi connectivity index (χ3v) is 7.60. The van der Waals surface area contributed by atoms with Crippen LogP contribution < -0.4 is 4.90 Å². The molecule has 39 heavy (non-hydrogen) atoms. The van der Waals surface area contributed by atoms with Gasteiger partial charge in [-0.3, -0.25) is 9.58 Å². The minimum absolute atomic E-state index is 0.140. The summed E-state index contributed by atoms with van der Waals surface area (Å²) in [5, 5.41) is 8.93. The number of benzene rings is 2. The highest BCUT2D eigenvalue weighted by Crippen LogP contribution is 2.34. The van der Waals surface area contributed by atoms with Gasteiger partial charge < -0.3 is 9.32 Å². The second-order valence-electron chi connectivity index (χ2n) is 10.8.